The summed E-state index contributed by atoms with van der Waals surface area (Å²) in [5, 5.41) is 8.41. The number of nitrogens with two attached hydrogens (primary N) is 1. The number of aliphatic hydroxyl groups excluding tert-OH is 1. The maximum Gasteiger partial charge on any atom is 0.0487 e. The number of ether oxygens (including phenoxy) is 1. The van der Waals surface area contributed by atoms with E-state index >= 15 is 0 Å². The van der Waals surface area contributed by atoms with Gasteiger partial charge in [0.2, 0.25) is 0 Å². The summed E-state index contributed by atoms with van der Waals surface area (Å²) in [6, 6.07) is 0. The van der Waals surface area contributed by atoms with Crippen LogP contribution in [-0.2, 0) is 4.74 Å². The molecule has 0 aliphatic heterocycles. The van der Waals surface area contributed by atoms with Crippen molar-refractivity contribution in [1.29, 1.82) is 0 Å². The Hall–Kier alpha value is -0.120. The Labute approximate surface area is 68.5 Å². The van der Waals surface area contributed by atoms with E-state index < -0.39 is 0 Å². The zero-order valence-corrected chi connectivity index (χ0v) is 7.09. The topological polar surface area (TPSA) is 55.5 Å². The van der Waals surface area contributed by atoms with E-state index in [9.17, 15) is 0 Å². The second kappa shape index (κ2) is 9.88. The Bertz CT molecular complexity index is 61.1. The van der Waals surface area contributed by atoms with Crippen LogP contribution < -0.4 is 5.73 Å². The highest BCUT2D eigenvalue weighted by Crippen LogP contribution is 1.94. The van der Waals surface area contributed by atoms with Gasteiger partial charge < -0.3 is 15.6 Å². The minimum Gasteiger partial charge on any atom is -0.396 e. The molecule has 0 aliphatic carbocycles. The molecule has 68 valence electrons. The Morgan fingerprint density at radius 1 is 1.00 bits per heavy atom. The highest BCUT2D eigenvalue weighted by molar-refractivity contribution is 4.41. The molecular formula is C8H19NO2. The minimum absolute atomic E-state index is 0.225. The molecule has 0 radical (unpaired) electrons. The summed E-state index contributed by atoms with van der Waals surface area (Å²) in [7, 11) is 0. The molecule has 0 amide bonds. The molecule has 0 saturated carbocycles. The van der Waals surface area contributed by atoms with Gasteiger partial charge in [-0.15, -0.1) is 0 Å². The standard InChI is InChI=1S/C8H19NO2/c9-5-2-1-3-7-11-8-4-6-10/h10H,1-9H2. The molecule has 0 saturated heterocycles. The zero-order chi connectivity index (χ0) is 8.36. The predicted octanol–water partition coefficient (Wildman–Crippen LogP) is 0.514. The average Bonchev–Trinajstić information content (AvgIpc) is 2.03. The maximum atomic E-state index is 8.41. The molecule has 0 heterocycles. The van der Waals surface area contributed by atoms with Gasteiger partial charge in [0.05, 0.1) is 0 Å². The van der Waals surface area contributed by atoms with Crippen LogP contribution in [0.4, 0.5) is 0 Å². The number of unbranched alkanes of at least 4 members (excludes halogenated alkanes) is 2. The lowest BCUT2D eigenvalue weighted by Gasteiger charge is -2.01. The first-order chi connectivity index (χ1) is 5.41. The fourth-order valence-corrected chi connectivity index (χ4v) is 0.794. The summed E-state index contributed by atoms with van der Waals surface area (Å²) in [4.78, 5) is 0. The molecule has 3 nitrogen and oxygen atoms in total. The molecule has 0 rings (SSSR count). The van der Waals surface area contributed by atoms with Crippen molar-refractivity contribution in [1.82, 2.24) is 0 Å². The van der Waals surface area contributed by atoms with Crippen molar-refractivity contribution in [2.75, 3.05) is 26.4 Å². The monoisotopic (exact) mass is 161 g/mol. The Kier molecular flexibility index (Phi) is 9.77. The molecule has 0 spiro atoms. The van der Waals surface area contributed by atoms with E-state index in [2.05, 4.69) is 0 Å². The average molecular weight is 161 g/mol. The van der Waals surface area contributed by atoms with Gasteiger partial charge in [0, 0.05) is 19.8 Å². The zero-order valence-electron chi connectivity index (χ0n) is 7.09. The van der Waals surface area contributed by atoms with Gasteiger partial charge in [0.25, 0.3) is 0 Å². The molecular weight excluding hydrogens is 142 g/mol. The van der Waals surface area contributed by atoms with Gasteiger partial charge in [0.15, 0.2) is 0 Å². The van der Waals surface area contributed by atoms with Crippen LogP contribution in [0.5, 0.6) is 0 Å². The van der Waals surface area contributed by atoms with Crippen LogP contribution in [0.3, 0.4) is 0 Å². The largest absolute Gasteiger partial charge is 0.396 e. The number of hydrogen-bond donors (Lipinski definition) is 2. The molecule has 3 heteroatoms. The molecule has 0 atom stereocenters. The van der Waals surface area contributed by atoms with E-state index in [0.29, 0.717) is 6.61 Å². The summed E-state index contributed by atoms with van der Waals surface area (Å²) in [6.07, 6.45) is 4.07. The quantitative estimate of drug-likeness (QED) is 0.510. The minimum atomic E-state index is 0.225. The lowest BCUT2D eigenvalue weighted by molar-refractivity contribution is 0.113. The first kappa shape index (κ1) is 10.9. The van der Waals surface area contributed by atoms with Crippen molar-refractivity contribution in [3.8, 4) is 0 Å². The SMILES string of the molecule is NCCCCCOCCCO. The van der Waals surface area contributed by atoms with E-state index in [-0.39, 0.29) is 6.61 Å². The van der Waals surface area contributed by atoms with E-state index in [1.54, 1.807) is 0 Å². The second-order valence-electron chi connectivity index (χ2n) is 2.54. The summed E-state index contributed by atoms with van der Waals surface area (Å²) >= 11 is 0. The summed E-state index contributed by atoms with van der Waals surface area (Å²) in [5.74, 6) is 0. The molecule has 0 fully saturated rings. The van der Waals surface area contributed by atoms with Crippen molar-refractivity contribution in [3.63, 3.8) is 0 Å². The van der Waals surface area contributed by atoms with Gasteiger partial charge in [0.1, 0.15) is 0 Å². The first-order valence-corrected chi connectivity index (χ1v) is 4.30. The van der Waals surface area contributed by atoms with E-state index in [1.165, 1.54) is 0 Å². The fourth-order valence-electron chi connectivity index (χ4n) is 0.794. The third-order valence-corrected chi connectivity index (χ3v) is 1.44. The molecule has 0 aromatic heterocycles. The third-order valence-electron chi connectivity index (χ3n) is 1.44. The number of rotatable bonds is 8. The lowest BCUT2D eigenvalue weighted by Crippen LogP contribution is -2.01. The van der Waals surface area contributed by atoms with Crippen LogP contribution in [0.15, 0.2) is 0 Å². The van der Waals surface area contributed by atoms with Crippen LogP contribution in [0.1, 0.15) is 25.7 Å². The molecule has 0 bridgehead atoms. The Morgan fingerprint density at radius 3 is 2.36 bits per heavy atom. The van der Waals surface area contributed by atoms with Gasteiger partial charge in [-0.1, -0.05) is 0 Å². The molecule has 0 aromatic carbocycles. The van der Waals surface area contributed by atoms with Crippen molar-refractivity contribution >= 4 is 0 Å². The smallest absolute Gasteiger partial charge is 0.0487 e. The Balaban J connectivity index is 2.69. The van der Waals surface area contributed by atoms with Gasteiger partial charge in [-0.25, -0.2) is 0 Å². The highest BCUT2D eigenvalue weighted by Gasteiger charge is 1.88. The molecule has 11 heavy (non-hydrogen) atoms. The summed E-state index contributed by atoms with van der Waals surface area (Å²) in [6.45, 7) is 2.48. The molecule has 0 aliphatic rings. The van der Waals surface area contributed by atoms with Gasteiger partial charge >= 0.3 is 0 Å². The van der Waals surface area contributed by atoms with Crippen molar-refractivity contribution < 1.29 is 9.84 Å². The van der Waals surface area contributed by atoms with Crippen LogP contribution in [0, 0.1) is 0 Å². The van der Waals surface area contributed by atoms with Gasteiger partial charge in [-0.05, 0) is 32.2 Å². The summed E-state index contributed by atoms with van der Waals surface area (Å²) in [5.41, 5.74) is 5.32. The van der Waals surface area contributed by atoms with Crippen LogP contribution >= 0.6 is 0 Å². The maximum absolute atomic E-state index is 8.41. The van der Waals surface area contributed by atoms with Crippen LogP contribution in [0.25, 0.3) is 0 Å². The lowest BCUT2D eigenvalue weighted by atomic mass is 10.2. The number of aliphatic hydroxyl groups is 1. The van der Waals surface area contributed by atoms with Crippen LogP contribution in [-0.4, -0.2) is 31.5 Å². The summed E-state index contributed by atoms with van der Waals surface area (Å²) < 4.78 is 5.22. The first-order valence-electron chi connectivity index (χ1n) is 4.30. The van der Waals surface area contributed by atoms with E-state index in [1.807, 2.05) is 0 Å². The van der Waals surface area contributed by atoms with E-state index in [4.69, 9.17) is 15.6 Å². The third kappa shape index (κ3) is 9.88. The van der Waals surface area contributed by atoms with Crippen molar-refractivity contribution in [2.45, 2.75) is 25.7 Å². The highest BCUT2D eigenvalue weighted by atomic mass is 16.5. The van der Waals surface area contributed by atoms with Crippen molar-refractivity contribution in [3.05, 3.63) is 0 Å². The van der Waals surface area contributed by atoms with Gasteiger partial charge in [-0.2, -0.15) is 0 Å². The van der Waals surface area contributed by atoms with Crippen molar-refractivity contribution in [2.24, 2.45) is 5.73 Å². The molecule has 0 unspecified atom stereocenters. The van der Waals surface area contributed by atoms with Crippen LogP contribution in [0.2, 0.25) is 0 Å². The number of hydrogen-bond acceptors (Lipinski definition) is 3. The van der Waals surface area contributed by atoms with Gasteiger partial charge in [-0.3, -0.25) is 0 Å². The normalized spacial score (nSPS) is 10.4. The predicted molar refractivity (Wildman–Crippen MR) is 45.4 cm³/mol. The molecule has 3 N–H and O–H groups in total. The molecule has 0 aromatic rings. The van der Waals surface area contributed by atoms with E-state index in [0.717, 1.165) is 38.8 Å². The Morgan fingerprint density at radius 2 is 1.73 bits per heavy atom. The fraction of sp³-hybridized carbons (Fsp3) is 1.00. The second-order valence-corrected chi connectivity index (χ2v) is 2.54.